The average molecular weight is 1890 g/mol. The average Bonchev–Trinajstić information content (AvgIpc) is 0.957. The number of rotatable bonds is 100. The van der Waals surface area contributed by atoms with E-state index in [-0.39, 0.29) is 70.2 Å². The van der Waals surface area contributed by atoms with Gasteiger partial charge in [-0.15, -0.1) is 0 Å². The largest absolute Gasteiger partial charge is 0.392 e. The molecule has 0 aliphatic carbocycles. The van der Waals surface area contributed by atoms with Gasteiger partial charge in [-0.2, -0.15) is 0 Å². The minimum absolute atomic E-state index is 0.0752. The normalized spacial score (nSPS) is 13.9. The van der Waals surface area contributed by atoms with Gasteiger partial charge in [0.1, 0.15) is 0 Å². The van der Waals surface area contributed by atoms with Crippen molar-refractivity contribution in [1.29, 1.82) is 0 Å². The fourth-order valence-corrected chi connectivity index (χ4v) is 20.5. The molecule has 0 aromatic heterocycles. The Morgan fingerprint density at radius 3 is 0.570 bits per heavy atom. The first kappa shape index (κ1) is 130. The Balaban J connectivity index is 0. The molecule has 0 rings (SSSR count). The Morgan fingerprint density at radius 1 is 0.211 bits per heavy atom. The van der Waals surface area contributed by atoms with Crippen molar-refractivity contribution in [3.63, 3.8) is 0 Å². The number of hydrogen-bond donors (Lipinski definition) is 8. The maximum absolute atomic E-state index is 12.8. The van der Waals surface area contributed by atoms with E-state index < -0.39 is 12.2 Å². The second kappa shape index (κ2) is 99.5. The first-order chi connectivity index (χ1) is 62.0. The number of thioether (sulfide) groups is 4. The number of aliphatic hydroxyl groups excluding tert-OH is 8. The van der Waals surface area contributed by atoms with Crippen LogP contribution in [-0.2, 0) is 19.2 Å². The molecule has 0 fully saturated rings. The molecular weight excluding hydrogens is 1680 g/mol. The van der Waals surface area contributed by atoms with Gasteiger partial charge in [0.15, 0.2) is 10.2 Å². The zero-order valence-electron chi connectivity index (χ0n) is 85.5. The fraction of sp³-hybridized carbons (Fsp3) is 0.962. The molecule has 0 aliphatic rings. The van der Waals surface area contributed by atoms with Gasteiger partial charge in [0.25, 0.3) is 0 Å². The maximum Gasteiger partial charge on any atom is 0.202 e. The predicted octanol–water partition coefficient (Wildman–Crippen LogP) is 24.1. The number of nitrogens with zero attached hydrogens (tertiary/aromatic N) is 6. The summed E-state index contributed by atoms with van der Waals surface area (Å²) in [5.74, 6) is 3.01. The third-order valence-corrected chi connectivity index (χ3v) is 28.8. The van der Waals surface area contributed by atoms with Crippen LogP contribution in [0, 0.1) is 0 Å². The summed E-state index contributed by atoms with van der Waals surface area (Å²) in [4.78, 5) is 63.6. The number of likely N-dealkylation sites (N-methyl/N-ethyl adjacent to an activating group) is 1. The van der Waals surface area contributed by atoms with Crippen LogP contribution in [-0.4, -0.2) is 281 Å². The Morgan fingerprint density at radius 2 is 0.383 bits per heavy atom. The molecule has 0 aromatic rings. The summed E-state index contributed by atoms with van der Waals surface area (Å²) < 4.78 is 0. The van der Waals surface area contributed by atoms with Gasteiger partial charge in [-0.3, -0.25) is 43.7 Å². The van der Waals surface area contributed by atoms with Gasteiger partial charge >= 0.3 is 0 Å². The fourth-order valence-electron chi connectivity index (χ4n) is 17.1. The van der Waals surface area contributed by atoms with Crippen LogP contribution >= 0.6 is 47.0 Å². The highest BCUT2D eigenvalue weighted by Gasteiger charge is 2.22. The lowest BCUT2D eigenvalue weighted by atomic mass is 10.0. The van der Waals surface area contributed by atoms with Gasteiger partial charge in [0.2, 0.25) is 10.2 Å². The third kappa shape index (κ3) is 97.2. The molecule has 0 amide bonds. The lowest BCUT2D eigenvalue weighted by molar-refractivity contribution is -0.114. The number of carbonyl (C=O) groups excluding carboxylic acids is 4. The molecule has 0 spiro atoms. The van der Waals surface area contributed by atoms with E-state index in [1.807, 2.05) is 19.0 Å². The summed E-state index contributed by atoms with van der Waals surface area (Å²) in [7, 11) is 3.82. The highest BCUT2D eigenvalue weighted by Crippen LogP contribution is 2.23. The zero-order chi connectivity index (χ0) is 94.6. The number of hydrogen-bond acceptors (Lipinski definition) is 22. The van der Waals surface area contributed by atoms with Crippen molar-refractivity contribution in [2.45, 2.75) is 515 Å². The summed E-state index contributed by atoms with van der Waals surface area (Å²) in [6.45, 7) is 26.8. The van der Waals surface area contributed by atoms with Crippen LogP contribution in [0.15, 0.2) is 0 Å². The molecule has 22 heteroatoms. The van der Waals surface area contributed by atoms with Crippen LogP contribution in [0.2, 0.25) is 0 Å². The van der Waals surface area contributed by atoms with Crippen molar-refractivity contribution in [3.05, 3.63) is 0 Å². The van der Waals surface area contributed by atoms with Crippen molar-refractivity contribution in [2.75, 3.05) is 142 Å². The van der Waals surface area contributed by atoms with Crippen LogP contribution in [0.5, 0.6) is 0 Å². The Hall–Kier alpha value is -0.480. The van der Waals surface area contributed by atoms with E-state index in [0.717, 1.165) is 178 Å². The minimum Gasteiger partial charge on any atom is -0.392 e. The number of unbranched alkanes of at least 4 members (excludes halogenated alkanes) is 46. The van der Waals surface area contributed by atoms with E-state index in [0.29, 0.717) is 78.3 Å². The highest BCUT2D eigenvalue weighted by molar-refractivity contribution is 8.14. The standard InChI is InChI=1S/C54H109N3O6S2.C52H105N3O6S2/c1-6-9-12-15-18-21-24-27-34-50(59)46-56(45-49(4)58)39-30-32-43-64-53(62)37-41-55(5)42-38-54(63)65-44-33-31-40-57(47-51(60)35-28-25-22-19-16-13-10-7-2)48-52(61)36-29-26-23-20-17-14-11-8-3;1-6-9-12-15-18-21-24-27-34-48(57)42-54(41-47(4)56)37-30-32-39-62-51(60)45-53(5)46-52(61)63-40-33-31-38-55(43-49(58)35-28-25-22-19-16-13-10-7-2)44-50(59)36-29-26-23-20-17-14-11-8-3/h49-52,58-61H,6-48H2,1-5H3;47-50,56-59H,6-46H2,1-5H3. The molecule has 0 saturated carbocycles. The zero-order valence-corrected chi connectivity index (χ0v) is 88.8. The van der Waals surface area contributed by atoms with E-state index >= 15 is 0 Å². The van der Waals surface area contributed by atoms with Crippen molar-refractivity contribution in [1.82, 2.24) is 29.4 Å². The molecule has 0 radical (unpaired) electrons. The van der Waals surface area contributed by atoms with Crippen LogP contribution in [0.4, 0.5) is 0 Å². The van der Waals surface area contributed by atoms with E-state index in [2.05, 4.69) is 66.0 Å². The topological polar surface area (TPSA) is 250 Å². The summed E-state index contributed by atoms with van der Waals surface area (Å²) in [5.41, 5.74) is 0. The minimum atomic E-state index is -0.448. The molecule has 8 unspecified atom stereocenters. The molecule has 0 aliphatic heterocycles. The summed E-state index contributed by atoms with van der Waals surface area (Å²) in [6.07, 6.45) is 70.3. The van der Waals surface area contributed by atoms with Crippen LogP contribution < -0.4 is 0 Å². The first-order valence-corrected chi connectivity index (χ1v) is 58.3. The second-order valence-electron chi connectivity index (χ2n) is 38.9. The van der Waals surface area contributed by atoms with Crippen LogP contribution in [0.1, 0.15) is 466 Å². The Bertz CT molecular complexity index is 2280. The second-order valence-corrected chi connectivity index (χ2v) is 43.5. The molecule has 0 heterocycles. The molecule has 128 heavy (non-hydrogen) atoms. The third-order valence-electron chi connectivity index (χ3n) is 24.9. The van der Waals surface area contributed by atoms with Crippen LogP contribution in [0.3, 0.4) is 0 Å². The van der Waals surface area contributed by atoms with Crippen molar-refractivity contribution >= 4 is 67.5 Å². The van der Waals surface area contributed by atoms with Gasteiger partial charge in [0, 0.05) is 101 Å². The molecule has 8 N–H and O–H groups in total. The maximum atomic E-state index is 12.8. The van der Waals surface area contributed by atoms with E-state index in [1.54, 1.807) is 13.8 Å². The van der Waals surface area contributed by atoms with Gasteiger partial charge in [-0.05, 0) is 144 Å². The van der Waals surface area contributed by atoms with Gasteiger partial charge < -0.3 is 45.8 Å². The van der Waals surface area contributed by atoms with Gasteiger partial charge in [-0.1, -0.05) is 397 Å². The van der Waals surface area contributed by atoms with E-state index in [1.165, 1.54) is 317 Å². The lowest BCUT2D eigenvalue weighted by Gasteiger charge is -2.27. The predicted molar refractivity (Wildman–Crippen MR) is 560 cm³/mol. The Kier molecular flexibility index (Phi) is 101. The molecule has 18 nitrogen and oxygen atoms in total. The molecule has 0 bridgehead atoms. The van der Waals surface area contributed by atoms with E-state index in [4.69, 9.17) is 0 Å². The lowest BCUT2D eigenvalue weighted by Crippen LogP contribution is -2.38. The van der Waals surface area contributed by atoms with Crippen molar-refractivity contribution in [3.8, 4) is 0 Å². The van der Waals surface area contributed by atoms with Gasteiger partial charge in [-0.25, -0.2) is 0 Å². The molecule has 8 atom stereocenters. The first-order valence-electron chi connectivity index (χ1n) is 54.3. The summed E-state index contributed by atoms with van der Waals surface area (Å²) in [6, 6.07) is 0. The number of carbonyl (C=O) groups is 4. The number of aliphatic hydroxyl groups is 8. The van der Waals surface area contributed by atoms with Crippen molar-refractivity contribution in [2.24, 2.45) is 0 Å². The molecular formula is C106H214N6O12S4. The highest BCUT2D eigenvalue weighted by atomic mass is 32.2. The van der Waals surface area contributed by atoms with Crippen LogP contribution in [0.25, 0.3) is 0 Å². The Labute approximate surface area is 808 Å². The molecule has 0 saturated heterocycles. The molecule has 764 valence electrons. The van der Waals surface area contributed by atoms with Gasteiger partial charge in [0.05, 0.1) is 61.9 Å². The summed E-state index contributed by atoms with van der Waals surface area (Å²) >= 11 is 5.48. The van der Waals surface area contributed by atoms with E-state index in [9.17, 15) is 60.0 Å². The SMILES string of the molecule is CCCCCCCCCCC(O)CN(CCCCSC(=O)CCN(C)CCC(=O)SCCCCN(CC(O)CCCCCCCCCC)CC(O)CCCCCCCCCC)CC(C)O.CCCCCCCCCCC(O)CN(CCCCSC(=O)CN(C)CC(=O)SCCCCN(CC(O)CCCCCCCCCC)CC(O)CCCCCCCCCC)CC(C)O. The van der Waals surface area contributed by atoms with Crippen molar-refractivity contribution < 1.29 is 60.0 Å². The summed E-state index contributed by atoms with van der Waals surface area (Å²) in [5, 5.41) is 85.7. The monoisotopic (exact) mass is 1890 g/mol. The molecule has 0 aromatic carbocycles. The smallest absolute Gasteiger partial charge is 0.202 e. The quantitative estimate of drug-likeness (QED) is 0.0264.